The van der Waals surface area contributed by atoms with E-state index in [-0.39, 0.29) is 23.7 Å². The van der Waals surface area contributed by atoms with Gasteiger partial charge >= 0.3 is 5.97 Å². The SMILES string of the molecule is C=C(OC)c1ccc(C2C(C(=O)OC)C2c2ccccc2)cc1. The standard InChI is InChI=1S/C20H20O3/c1-13(22-2)14-9-11-16(12-10-14)18-17(19(18)20(21)23-3)15-7-5-4-6-8-15/h4-12,17-19H,1H2,2-3H3. The molecule has 118 valence electrons. The fourth-order valence-electron chi connectivity index (χ4n) is 3.25. The molecule has 3 heteroatoms. The fourth-order valence-corrected chi connectivity index (χ4v) is 3.25. The highest BCUT2D eigenvalue weighted by Gasteiger charge is 2.56. The maximum absolute atomic E-state index is 12.1. The molecule has 3 atom stereocenters. The second-order valence-corrected chi connectivity index (χ2v) is 5.76. The normalized spacial score (nSPS) is 22.3. The monoisotopic (exact) mass is 308 g/mol. The van der Waals surface area contributed by atoms with E-state index in [1.165, 1.54) is 12.7 Å². The van der Waals surface area contributed by atoms with E-state index in [0.717, 1.165) is 11.1 Å². The molecular formula is C20H20O3. The number of benzene rings is 2. The maximum Gasteiger partial charge on any atom is 0.309 e. The quantitative estimate of drug-likeness (QED) is 0.619. The highest BCUT2D eigenvalue weighted by Crippen LogP contribution is 2.60. The van der Waals surface area contributed by atoms with Crippen molar-refractivity contribution in [1.82, 2.24) is 0 Å². The first-order chi connectivity index (χ1) is 11.2. The molecule has 0 N–H and O–H groups in total. The van der Waals surface area contributed by atoms with Crippen LogP contribution in [0.25, 0.3) is 5.76 Å². The number of methoxy groups -OCH3 is 2. The minimum absolute atomic E-state index is 0.112. The van der Waals surface area contributed by atoms with E-state index in [9.17, 15) is 4.79 Å². The minimum atomic E-state index is -0.144. The number of hydrogen-bond donors (Lipinski definition) is 0. The van der Waals surface area contributed by atoms with Crippen molar-refractivity contribution in [3.05, 3.63) is 77.9 Å². The van der Waals surface area contributed by atoms with Gasteiger partial charge in [0.1, 0.15) is 5.76 Å². The van der Waals surface area contributed by atoms with Crippen LogP contribution in [0, 0.1) is 5.92 Å². The molecule has 0 heterocycles. The Labute approximate surface area is 136 Å². The molecule has 0 aliphatic heterocycles. The van der Waals surface area contributed by atoms with Crippen molar-refractivity contribution in [3.8, 4) is 0 Å². The number of carbonyl (C=O) groups excluding carboxylic acids is 1. The van der Waals surface area contributed by atoms with Crippen LogP contribution in [0.2, 0.25) is 0 Å². The van der Waals surface area contributed by atoms with Gasteiger partial charge in [-0.25, -0.2) is 0 Å². The number of rotatable bonds is 5. The first-order valence-corrected chi connectivity index (χ1v) is 7.63. The summed E-state index contributed by atoms with van der Waals surface area (Å²) in [5.74, 6) is 0.722. The van der Waals surface area contributed by atoms with Crippen LogP contribution in [0.4, 0.5) is 0 Å². The van der Waals surface area contributed by atoms with Crippen LogP contribution in [0.5, 0.6) is 0 Å². The van der Waals surface area contributed by atoms with E-state index >= 15 is 0 Å². The molecule has 1 aliphatic rings. The first kappa shape index (κ1) is 15.3. The summed E-state index contributed by atoms with van der Waals surface area (Å²) in [7, 11) is 3.06. The Hall–Kier alpha value is -2.55. The lowest BCUT2D eigenvalue weighted by atomic mass is 10.0. The van der Waals surface area contributed by atoms with Gasteiger partial charge in [0.15, 0.2) is 0 Å². The average molecular weight is 308 g/mol. The number of carbonyl (C=O) groups is 1. The lowest BCUT2D eigenvalue weighted by Gasteiger charge is -2.06. The Bertz CT molecular complexity index is 703. The summed E-state index contributed by atoms with van der Waals surface area (Å²) in [6, 6.07) is 18.2. The summed E-state index contributed by atoms with van der Waals surface area (Å²) in [6.45, 7) is 3.86. The smallest absolute Gasteiger partial charge is 0.309 e. The van der Waals surface area contributed by atoms with Gasteiger partial charge < -0.3 is 9.47 Å². The molecular weight excluding hydrogens is 288 g/mol. The van der Waals surface area contributed by atoms with Crippen LogP contribution in [0.1, 0.15) is 28.5 Å². The third kappa shape index (κ3) is 2.87. The van der Waals surface area contributed by atoms with Crippen molar-refractivity contribution in [3.63, 3.8) is 0 Å². The molecule has 0 aromatic heterocycles. The summed E-state index contributed by atoms with van der Waals surface area (Å²) in [5.41, 5.74) is 3.27. The number of ether oxygens (including phenoxy) is 2. The van der Waals surface area contributed by atoms with Crippen LogP contribution in [0.15, 0.2) is 61.2 Å². The molecule has 0 spiro atoms. The summed E-state index contributed by atoms with van der Waals surface area (Å²) in [6.07, 6.45) is 0. The second-order valence-electron chi connectivity index (χ2n) is 5.76. The Morgan fingerprint density at radius 2 is 1.43 bits per heavy atom. The van der Waals surface area contributed by atoms with Gasteiger partial charge in [-0.1, -0.05) is 61.2 Å². The third-order valence-electron chi connectivity index (χ3n) is 4.54. The Morgan fingerprint density at radius 3 is 1.96 bits per heavy atom. The van der Waals surface area contributed by atoms with Crippen molar-refractivity contribution in [2.45, 2.75) is 11.8 Å². The van der Waals surface area contributed by atoms with Crippen LogP contribution < -0.4 is 0 Å². The summed E-state index contributed by atoms with van der Waals surface area (Å²) in [5, 5.41) is 0. The van der Waals surface area contributed by atoms with E-state index in [0.29, 0.717) is 5.76 Å². The first-order valence-electron chi connectivity index (χ1n) is 7.63. The number of esters is 1. The van der Waals surface area contributed by atoms with E-state index in [1.54, 1.807) is 7.11 Å². The average Bonchev–Trinajstić information content (AvgIpc) is 3.37. The zero-order chi connectivity index (χ0) is 16.4. The molecule has 23 heavy (non-hydrogen) atoms. The Kier molecular flexibility index (Phi) is 4.20. The van der Waals surface area contributed by atoms with Crippen LogP contribution in [0.3, 0.4) is 0 Å². The van der Waals surface area contributed by atoms with Gasteiger partial charge in [-0.15, -0.1) is 0 Å². The molecule has 0 bridgehead atoms. The molecule has 0 saturated heterocycles. The van der Waals surface area contributed by atoms with Crippen LogP contribution in [-0.4, -0.2) is 20.2 Å². The van der Waals surface area contributed by atoms with Crippen molar-refractivity contribution in [2.75, 3.05) is 14.2 Å². The highest BCUT2D eigenvalue weighted by atomic mass is 16.5. The molecule has 0 amide bonds. The van der Waals surface area contributed by atoms with Gasteiger partial charge in [-0.3, -0.25) is 4.79 Å². The lowest BCUT2D eigenvalue weighted by Crippen LogP contribution is -2.05. The lowest BCUT2D eigenvalue weighted by molar-refractivity contribution is -0.142. The Morgan fingerprint density at radius 1 is 0.870 bits per heavy atom. The van der Waals surface area contributed by atoms with Gasteiger partial charge in [0.05, 0.1) is 20.1 Å². The molecule has 3 rings (SSSR count). The Balaban J connectivity index is 1.88. The number of hydrogen-bond acceptors (Lipinski definition) is 3. The van der Waals surface area contributed by atoms with E-state index in [2.05, 4.69) is 18.7 Å². The zero-order valence-corrected chi connectivity index (χ0v) is 13.4. The largest absolute Gasteiger partial charge is 0.497 e. The molecule has 1 aliphatic carbocycles. The zero-order valence-electron chi connectivity index (χ0n) is 13.4. The van der Waals surface area contributed by atoms with Crippen molar-refractivity contribution in [2.24, 2.45) is 5.92 Å². The van der Waals surface area contributed by atoms with Gasteiger partial charge in [-0.05, 0) is 11.1 Å². The van der Waals surface area contributed by atoms with Crippen molar-refractivity contribution < 1.29 is 14.3 Å². The highest BCUT2D eigenvalue weighted by molar-refractivity contribution is 5.80. The molecule has 2 aromatic rings. The van der Waals surface area contributed by atoms with Crippen LogP contribution in [-0.2, 0) is 14.3 Å². The summed E-state index contributed by atoms with van der Waals surface area (Å²) in [4.78, 5) is 12.1. The predicted octanol–water partition coefficient (Wildman–Crippen LogP) is 3.97. The summed E-state index contributed by atoms with van der Waals surface area (Å²) < 4.78 is 10.1. The molecule has 1 fully saturated rings. The fraction of sp³-hybridized carbons (Fsp3) is 0.250. The second kappa shape index (κ2) is 6.29. The van der Waals surface area contributed by atoms with Gasteiger partial charge in [0, 0.05) is 17.4 Å². The molecule has 0 radical (unpaired) electrons. The van der Waals surface area contributed by atoms with Gasteiger partial charge in [0.2, 0.25) is 0 Å². The van der Waals surface area contributed by atoms with E-state index in [4.69, 9.17) is 9.47 Å². The summed E-state index contributed by atoms with van der Waals surface area (Å²) >= 11 is 0. The van der Waals surface area contributed by atoms with Gasteiger partial charge in [0.25, 0.3) is 0 Å². The van der Waals surface area contributed by atoms with Crippen LogP contribution >= 0.6 is 0 Å². The third-order valence-corrected chi connectivity index (χ3v) is 4.54. The molecule has 2 aromatic carbocycles. The predicted molar refractivity (Wildman–Crippen MR) is 89.9 cm³/mol. The topological polar surface area (TPSA) is 35.5 Å². The van der Waals surface area contributed by atoms with Crippen molar-refractivity contribution >= 4 is 11.7 Å². The molecule has 3 unspecified atom stereocenters. The van der Waals surface area contributed by atoms with Gasteiger partial charge in [-0.2, -0.15) is 0 Å². The van der Waals surface area contributed by atoms with E-state index in [1.807, 2.05) is 42.5 Å². The molecule has 3 nitrogen and oxygen atoms in total. The van der Waals surface area contributed by atoms with Crippen molar-refractivity contribution in [1.29, 1.82) is 0 Å². The maximum atomic E-state index is 12.1. The molecule has 1 saturated carbocycles. The minimum Gasteiger partial charge on any atom is -0.497 e. The van der Waals surface area contributed by atoms with E-state index < -0.39 is 0 Å².